The van der Waals surface area contributed by atoms with Gasteiger partial charge in [-0.05, 0) is 29.7 Å². The van der Waals surface area contributed by atoms with Crippen molar-refractivity contribution >= 4 is 29.1 Å². The van der Waals surface area contributed by atoms with Crippen LogP contribution in [0.5, 0.6) is 0 Å². The lowest BCUT2D eigenvalue weighted by molar-refractivity contribution is -0.133. The summed E-state index contributed by atoms with van der Waals surface area (Å²) >= 11 is 0. The van der Waals surface area contributed by atoms with Crippen LogP contribution in [0.15, 0.2) is 48.5 Å². The first-order valence-corrected chi connectivity index (χ1v) is 9.09. The minimum absolute atomic E-state index is 0.00964. The molecule has 6 heteroatoms. The number of para-hydroxylation sites is 2. The minimum Gasteiger partial charge on any atom is -0.335 e. The lowest BCUT2D eigenvalue weighted by Gasteiger charge is -2.38. The van der Waals surface area contributed by atoms with Crippen molar-refractivity contribution < 1.29 is 14.4 Å². The van der Waals surface area contributed by atoms with Crippen LogP contribution < -0.4 is 10.2 Å². The summed E-state index contributed by atoms with van der Waals surface area (Å²) in [5, 5.41) is 2.79. The lowest BCUT2D eigenvalue weighted by Crippen LogP contribution is -2.45. The number of hydrogen-bond donors (Lipinski definition) is 1. The highest BCUT2D eigenvalue weighted by atomic mass is 16.2. The van der Waals surface area contributed by atoms with Gasteiger partial charge >= 0.3 is 0 Å². The summed E-state index contributed by atoms with van der Waals surface area (Å²) in [5.41, 5.74) is 3.52. The quantitative estimate of drug-likeness (QED) is 0.891. The molecule has 2 aromatic rings. The van der Waals surface area contributed by atoms with Crippen LogP contribution in [0.4, 0.5) is 11.4 Å². The fourth-order valence-corrected chi connectivity index (χ4v) is 3.98. The van der Waals surface area contributed by atoms with Crippen molar-refractivity contribution in [2.75, 3.05) is 23.3 Å². The number of amides is 3. The summed E-state index contributed by atoms with van der Waals surface area (Å²) in [7, 11) is 0. The third-order valence-electron chi connectivity index (χ3n) is 5.26. The number of hydrogen-bond acceptors (Lipinski definition) is 3. The molecule has 2 aliphatic rings. The Morgan fingerprint density at radius 2 is 1.85 bits per heavy atom. The van der Waals surface area contributed by atoms with Gasteiger partial charge in [0, 0.05) is 13.5 Å². The first-order chi connectivity index (χ1) is 13.0. The normalized spacial score (nSPS) is 18.4. The number of benzene rings is 2. The number of fused-ring (bicyclic) bond motifs is 2. The number of carbonyl (C=O) groups excluding carboxylic acids is 3. The summed E-state index contributed by atoms with van der Waals surface area (Å²) in [6, 6.07) is 14.9. The summed E-state index contributed by atoms with van der Waals surface area (Å²) in [5.74, 6) is -0.418. The van der Waals surface area contributed by atoms with E-state index in [1.165, 1.54) is 17.4 Å². The Morgan fingerprint density at radius 1 is 1.11 bits per heavy atom. The van der Waals surface area contributed by atoms with Gasteiger partial charge in [0.05, 0.1) is 23.8 Å². The van der Waals surface area contributed by atoms with E-state index < -0.39 is 0 Å². The number of anilines is 2. The fourth-order valence-electron chi connectivity index (χ4n) is 3.98. The third-order valence-corrected chi connectivity index (χ3v) is 5.26. The van der Waals surface area contributed by atoms with E-state index >= 15 is 0 Å². The van der Waals surface area contributed by atoms with E-state index in [0.29, 0.717) is 17.9 Å². The van der Waals surface area contributed by atoms with E-state index in [0.717, 1.165) is 12.0 Å². The monoisotopic (exact) mass is 363 g/mol. The largest absolute Gasteiger partial charge is 0.335 e. The van der Waals surface area contributed by atoms with E-state index in [-0.39, 0.29) is 36.7 Å². The zero-order valence-corrected chi connectivity index (χ0v) is 15.1. The van der Waals surface area contributed by atoms with E-state index in [9.17, 15) is 14.4 Å². The van der Waals surface area contributed by atoms with Gasteiger partial charge in [0.1, 0.15) is 6.54 Å². The van der Waals surface area contributed by atoms with Crippen LogP contribution in [-0.4, -0.2) is 35.7 Å². The molecular weight excluding hydrogens is 342 g/mol. The highest BCUT2D eigenvalue weighted by Gasteiger charge is 2.34. The SMILES string of the molecule is CC(=O)N1CCc2ccccc2C1CC(=O)N1CC(=O)Nc2ccccc21. The molecule has 1 N–H and O–H groups in total. The molecule has 27 heavy (non-hydrogen) atoms. The Kier molecular flexibility index (Phi) is 4.39. The lowest BCUT2D eigenvalue weighted by atomic mass is 9.90. The molecule has 138 valence electrons. The second-order valence-electron chi connectivity index (χ2n) is 6.93. The maximum Gasteiger partial charge on any atom is 0.244 e. The van der Waals surface area contributed by atoms with Gasteiger partial charge in [-0.25, -0.2) is 0 Å². The van der Waals surface area contributed by atoms with Gasteiger partial charge in [-0.2, -0.15) is 0 Å². The van der Waals surface area contributed by atoms with Crippen LogP contribution >= 0.6 is 0 Å². The molecule has 2 aromatic carbocycles. The zero-order valence-electron chi connectivity index (χ0n) is 15.1. The molecule has 0 bridgehead atoms. The zero-order chi connectivity index (χ0) is 19.0. The molecule has 3 amide bonds. The van der Waals surface area contributed by atoms with Crippen LogP contribution in [-0.2, 0) is 20.8 Å². The minimum atomic E-state index is -0.308. The highest BCUT2D eigenvalue weighted by molar-refractivity contribution is 6.10. The van der Waals surface area contributed by atoms with Crippen molar-refractivity contribution in [2.24, 2.45) is 0 Å². The number of rotatable bonds is 2. The number of carbonyl (C=O) groups is 3. The molecule has 2 aliphatic heterocycles. The van der Waals surface area contributed by atoms with Crippen LogP contribution in [0.3, 0.4) is 0 Å². The topological polar surface area (TPSA) is 69.7 Å². The van der Waals surface area contributed by atoms with Gasteiger partial charge in [0.25, 0.3) is 0 Å². The van der Waals surface area contributed by atoms with Crippen LogP contribution in [0.1, 0.15) is 30.5 Å². The summed E-state index contributed by atoms with van der Waals surface area (Å²) in [6.45, 7) is 2.13. The molecule has 0 fully saturated rings. The Bertz CT molecular complexity index is 924. The van der Waals surface area contributed by atoms with Crippen molar-refractivity contribution in [2.45, 2.75) is 25.8 Å². The van der Waals surface area contributed by atoms with E-state index in [1.807, 2.05) is 42.5 Å². The van der Waals surface area contributed by atoms with Gasteiger partial charge < -0.3 is 15.1 Å². The maximum absolute atomic E-state index is 13.2. The van der Waals surface area contributed by atoms with Crippen molar-refractivity contribution in [1.29, 1.82) is 0 Å². The summed E-state index contributed by atoms with van der Waals surface area (Å²) in [6.07, 6.45) is 0.938. The van der Waals surface area contributed by atoms with Gasteiger partial charge in [0.2, 0.25) is 17.7 Å². The standard InChI is InChI=1S/C21H21N3O3/c1-14(25)23-11-10-15-6-2-3-7-16(15)19(23)12-21(27)24-13-20(26)22-17-8-4-5-9-18(17)24/h2-9,19H,10-13H2,1H3,(H,22,26). The molecule has 0 saturated carbocycles. The summed E-state index contributed by atoms with van der Waals surface area (Å²) in [4.78, 5) is 40.6. The van der Waals surface area contributed by atoms with Crippen molar-refractivity contribution in [3.8, 4) is 0 Å². The van der Waals surface area contributed by atoms with E-state index in [4.69, 9.17) is 0 Å². The first-order valence-electron chi connectivity index (χ1n) is 9.09. The number of nitrogens with zero attached hydrogens (tertiary/aromatic N) is 2. The molecule has 0 aromatic heterocycles. The summed E-state index contributed by atoms with van der Waals surface area (Å²) < 4.78 is 0. The predicted octanol–water partition coefficient (Wildman–Crippen LogP) is 2.51. The van der Waals surface area contributed by atoms with Gasteiger partial charge in [-0.1, -0.05) is 36.4 Å². The maximum atomic E-state index is 13.2. The fraction of sp³-hybridized carbons (Fsp3) is 0.286. The second-order valence-corrected chi connectivity index (χ2v) is 6.93. The predicted molar refractivity (Wildman–Crippen MR) is 102 cm³/mol. The van der Waals surface area contributed by atoms with Crippen LogP contribution in [0, 0.1) is 0 Å². The molecule has 4 rings (SSSR count). The Hall–Kier alpha value is -3.15. The molecule has 0 saturated heterocycles. The van der Waals surface area contributed by atoms with Gasteiger partial charge in [0.15, 0.2) is 0 Å². The van der Waals surface area contributed by atoms with E-state index in [2.05, 4.69) is 5.32 Å². The van der Waals surface area contributed by atoms with Crippen LogP contribution in [0.2, 0.25) is 0 Å². The average Bonchev–Trinajstić information content (AvgIpc) is 2.67. The average molecular weight is 363 g/mol. The molecule has 0 spiro atoms. The van der Waals surface area contributed by atoms with Crippen molar-refractivity contribution in [1.82, 2.24) is 4.90 Å². The Labute approximate surface area is 157 Å². The van der Waals surface area contributed by atoms with Gasteiger partial charge in [-0.15, -0.1) is 0 Å². The smallest absolute Gasteiger partial charge is 0.244 e. The van der Waals surface area contributed by atoms with Crippen LogP contribution in [0.25, 0.3) is 0 Å². The second kappa shape index (κ2) is 6.87. The van der Waals surface area contributed by atoms with Crippen molar-refractivity contribution in [3.05, 3.63) is 59.7 Å². The third kappa shape index (κ3) is 3.18. The Morgan fingerprint density at radius 3 is 2.67 bits per heavy atom. The molecule has 1 unspecified atom stereocenters. The van der Waals surface area contributed by atoms with Gasteiger partial charge in [-0.3, -0.25) is 14.4 Å². The molecule has 0 aliphatic carbocycles. The van der Waals surface area contributed by atoms with E-state index in [1.54, 1.807) is 11.0 Å². The molecule has 2 heterocycles. The molecular formula is C21H21N3O3. The Balaban J connectivity index is 1.65. The first kappa shape index (κ1) is 17.3. The highest BCUT2D eigenvalue weighted by Crippen LogP contribution is 2.35. The molecule has 6 nitrogen and oxygen atoms in total. The number of nitrogens with one attached hydrogen (secondary N) is 1. The molecule has 1 atom stereocenters. The van der Waals surface area contributed by atoms with Crippen molar-refractivity contribution in [3.63, 3.8) is 0 Å². The molecule has 0 radical (unpaired) electrons.